The van der Waals surface area contributed by atoms with E-state index in [2.05, 4.69) is 26.1 Å². The van der Waals surface area contributed by atoms with Crippen LogP contribution in [0, 0.1) is 5.92 Å². The number of rotatable bonds is 4. The fourth-order valence-electron chi connectivity index (χ4n) is 2.10. The zero-order valence-electron chi connectivity index (χ0n) is 9.97. The molecule has 2 nitrogen and oxygen atoms in total. The number of nitrogens with two attached hydrogens (primary N) is 1. The summed E-state index contributed by atoms with van der Waals surface area (Å²) in [6.45, 7) is 7.74. The third kappa shape index (κ3) is 3.58. The van der Waals surface area contributed by atoms with E-state index in [4.69, 9.17) is 5.73 Å². The highest BCUT2D eigenvalue weighted by atomic mass is 15.0. The summed E-state index contributed by atoms with van der Waals surface area (Å²) in [6.07, 6.45) is 6.85. The predicted octanol–water partition coefficient (Wildman–Crippen LogP) is 2.28. The van der Waals surface area contributed by atoms with Crippen LogP contribution in [0.15, 0.2) is 0 Å². The van der Waals surface area contributed by atoms with Crippen LogP contribution in [0.1, 0.15) is 52.9 Å². The first-order valence-electron chi connectivity index (χ1n) is 6.04. The van der Waals surface area contributed by atoms with Gasteiger partial charge in [-0.1, -0.05) is 26.2 Å². The normalized spacial score (nSPS) is 25.7. The average Bonchev–Trinajstić information content (AvgIpc) is 2.15. The third-order valence-electron chi connectivity index (χ3n) is 3.71. The molecule has 0 saturated heterocycles. The maximum atomic E-state index is 5.85. The van der Waals surface area contributed by atoms with Gasteiger partial charge in [0, 0.05) is 11.6 Å². The molecule has 0 bridgehead atoms. The molecule has 0 radical (unpaired) electrons. The molecule has 1 aliphatic carbocycles. The highest BCUT2D eigenvalue weighted by Crippen LogP contribution is 2.27. The summed E-state index contributed by atoms with van der Waals surface area (Å²) in [5, 5.41) is 3.70. The minimum Gasteiger partial charge on any atom is -0.328 e. The maximum Gasteiger partial charge on any atom is 0.0153 e. The lowest BCUT2D eigenvalue weighted by molar-refractivity contribution is 0.238. The van der Waals surface area contributed by atoms with E-state index >= 15 is 0 Å². The standard InChI is InChI=1S/C12H26N2/c1-10(11(2)13)9-14-12(3)7-5-4-6-8-12/h10-11,14H,4-9,13H2,1-3H3. The van der Waals surface area contributed by atoms with Gasteiger partial charge in [0.1, 0.15) is 0 Å². The van der Waals surface area contributed by atoms with Gasteiger partial charge >= 0.3 is 0 Å². The predicted molar refractivity (Wildman–Crippen MR) is 62.3 cm³/mol. The zero-order chi connectivity index (χ0) is 10.6. The van der Waals surface area contributed by atoms with Crippen molar-refractivity contribution in [2.24, 2.45) is 11.7 Å². The Kier molecular flexibility index (Phi) is 4.39. The van der Waals surface area contributed by atoms with Crippen LogP contribution in [0.3, 0.4) is 0 Å². The van der Waals surface area contributed by atoms with Gasteiger partial charge in [0.05, 0.1) is 0 Å². The minimum absolute atomic E-state index is 0.301. The van der Waals surface area contributed by atoms with Gasteiger partial charge in [-0.3, -0.25) is 0 Å². The van der Waals surface area contributed by atoms with Crippen LogP contribution in [0.4, 0.5) is 0 Å². The van der Waals surface area contributed by atoms with Gasteiger partial charge in [0.25, 0.3) is 0 Å². The molecule has 1 rings (SSSR count). The van der Waals surface area contributed by atoms with Crippen molar-refractivity contribution in [1.82, 2.24) is 5.32 Å². The lowest BCUT2D eigenvalue weighted by Crippen LogP contribution is -2.47. The molecule has 0 aromatic carbocycles. The molecule has 0 aliphatic heterocycles. The Hall–Kier alpha value is -0.0800. The molecule has 0 spiro atoms. The van der Waals surface area contributed by atoms with E-state index in [1.807, 2.05) is 0 Å². The Labute approximate surface area is 88.6 Å². The molecule has 2 unspecified atom stereocenters. The van der Waals surface area contributed by atoms with E-state index in [0.717, 1.165) is 6.54 Å². The Morgan fingerprint density at radius 3 is 2.29 bits per heavy atom. The van der Waals surface area contributed by atoms with E-state index < -0.39 is 0 Å². The SMILES string of the molecule is CC(N)C(C)CNC1(C)CCCCC1. The monoisotopic (exact) mass is 198 g/mol. The quantitative estimate of drug-likeness (QED) is 0.727. The number of hydrogen-bond donors (Lipinski definition) is 2. The molecule has 1 fully saturated rings. The highest BCUT2D eigenvalue weighted by molar-refractivity contribution is 4.87. The van der Waals surface area contributed by atoms with Crippen molar-refractivity contribution in [3.63, 3.8) is 0 Å². The van der Waals surface area contributed by atoms with Crippen LogP contribution in [0.2, 0.25) is 0 Å². The lowest BCUT2D eigenvalue weighted by Gasteiger charge is -2.36. The van der Waals surface area contributed by atoms with Gasteiger partial charge in [0.15, 0.2) is 0 Å². The molecular weight excluding hydrogens is 172 g/mol. The van der Waals surface area contributed by atoms with Crippen molar-refractivity contribution in [1.29, 1.82) is 0 Å². The molecule has 0 amide bonds. The highest BCUT2D eigenvalue weighted by Gasteiger charge is 2.26. The van der Waals surface area contributed by atoms with E-state index in [9.17, 15) is 0 Å². The summed E-state index contributed by atoms with van der Waals surface area (Å²) < 4.78 is 0. The summed E-state index contributed by atoms with van der Waals surface area (Å²) in [5.74, 6) is 0.578. The van der Waals surface area contributed by atoms with Crippen LogP contribution in [-0.4, -0.2) is 18.1 Å². The molecule has 14 heavy (non-hydrogen) atoms. The summed E-state index contributed by atoms with van der Waals surface area (Å²) in [4.78, 5) is 0. The molecule has 0 aromatic heterocycles. The van der Waals surface area contributed by atoms with Gasteiger partial charge in [-0.2, -0.15) is 0 Å². The van der Waals surface area contributed by atoms with Gasteiger partial charge < -0.3 is 11.1 Å². The van der Waals surface area contributed by atoms with Gasteiger partial charge in [-0.25, -0.2) is 0 Å². The Morgan fingerprint density at radius 2 is 1.79 bits per heavy atom. The lowest BCUT2D eigenvalue weighted by atomic mass is 9.83. The minimum atomic E-state index is 0.301. The molecule has 0 heterocycles. The van der Waals surface area contributed by atoms with Gasteiger partial charge in [-0.15, -0.1) is 0 Å². The van der Waals surface area contributed by atoms with E-state index in [1.165, 1.54) is 32.1 Å². The van der Waals surface area contributed by atoms with Gasteiger partial charge in [0.2, 0.25) is 0 Å². The zero-order valence-corrected chi connectivity index (χ0v) is 9.97. The molecule has 3 N–H and O–H groups in total. The van der Waals surface area contributed by atoms with Gasteiger partial charge in [-0.05, 0) is 39.2 Å². The molecule has 1 saturated carbocycles. The maximum absolute atomic E-state index is 5.85. The molecule has 2 heteroatoms. The Balaban J connectivity index is 2.28. The van der Waals surface area contributed by atoms with Crippen LogP contribution in [0.25, 0.3) is 0 Å². The fraction of sp³-hybridized carbons (Fsp3) is 1.00. The second-order valence-corrected chi connectivity index (χ2v) is 5.34. The van der Waals surface area contributed by atoms with Crippen LogP contribution in [0.5, 0.6) is 0 Å². The molecular formula is C12H26N2. The topological polar surface area (TPSA) is 38.0 Å². The molecule has 0 aromatic rings. The van der Waals surface area contributed by atoms with Crippen LogP contribution >= 0.6 is 0 Å². The number of hydrogen-bond acceptors (Lipinski definition) is 2. The first-order valence-corrected chi connectivity index (χ1v) is 6.04. The van der Waals surface area contributed by atoms with E-state index in [0.29, 0.717) is 17.5 Å². The average molecular weight is 198 g/mol. The smallest absolute Gasteiger partial charge is 0.0153 e. The third-order valence-corrected chi connectivity index (χ3v) is 3.71. The Morgan fingerprint density at radius 1 is 1.21 bits per heavy atom. The van der Waals surface area contributed by atoms with E-state index in [1.54, 1.807) is 0 Å². The first-order chi connectivity index (χ1) is 6.53. The Bertz CT molecular complexity index is 160. The second kappa shape index (κ2) is 5.13. The fourth-order valence-corrected chi connectivity index (χ4v) is 2.10. The summed E-state index contributed by atoms with van der Waals surface area (Å²) in [6, 6.07) is 0.301. The first kappa shape index (κ1) is 12.0. The van der Waals surface area contributed by atoms with Crippen molar-refractivity contribution in [2.45, 2.75) is 64.5 Å². The summed E-state index contributed by atoms with van der Waals surface area (Å²) in [5.41, 5.74) is 6.24. The molecule has 84 valence electrons. The second-order valence-electron chi connectivity index (χ2n) is 5.34. The largest absolute Gasteiger partial charge is 0.328 e. The summed E-state index contributed by atoms with van der Waals surface area (Å²) in [7, 11) is 0. The van der Waals surface area contributed by atoms with Crippen LogP contribution < -0.4 is 11.1 Å². The molecule has 1 aliphatic rings. The van der Waals surface area contributed by atoms with Crippen molar-refractivity contribution < 1.29 is 0 Å². The summed E-state index contributed by atoms with van der Waals surface area (Å²) >= 11 is 0. The van der Waals surface area contributed by atoms with Crippen molar-refractivity contribution >= 4 is 0 Å². The van der Waals surface area contributed by atoms with Crippen molar-refractivity contribution in [3.8, 4) is 0 Å². The van der Waals surface area contributed by atoms with Crippen molar-refractivity contribution in [2.75, 3.05) is 6.54 Å². The van der Waals surface area contributed by atoms with Crippen LogP contribution in [-0.2, 0) is 0 Å². The van der Waals surface area contributed by atoms with Crippen molar-refractivity contribution in [3.05, 3.63) is 0 Å². The molecule has 2 atom stereocenters. The number of nitrogens with one attached hydrogen (secondary N) is 1. The van der Waals surface area contributed by atoms with E-state index in [-0.39, 0.29) is 0 Å².